The van der Waals surface area contributed by atoms with Gasteiger partial charge < -0.3 is 4.74 Å². The maximum absolute atomic E-state index is 5.19. The van der Waals surface area contributed by atoms with E-state index >= 15 is 0 Å². The topological polar surface area (TPSA) is 9.23 Å². The van der Waals surface area contributed by atoms with Crippen molar-refractivity contribution in [3.05, 3.63) is 6.92 Å². The van der Waals surface area contributed by atoms with Crippen LogP contribution in [-0.2, 0) is 4.74 Å². The molecule has 0 rings (SSSR count). The third-order valence-electron chi connectivity index (χ3n) is 2.79. The van der Waals surface area contributed by atoms with Crippen LogP contribution in [0.1, 0.15) is 71.1 Å². The average Bonchev–Trinajstić information content (AvgIpc) is 2.26. The van der Waals surface area contributed by atoms with E-state index in [1.54, 1.807) is 0 Å². The Hall–Kier alpha value is 1.60. The van der Waals surface area contributed by atoms with E-state index in [2.05, 4.69) is 13.8 Å². The first-order valence-electron chi connectivity index (χ1n) is 6.78. The summed E-state index contributed by atoms with van der Waals surface area (Å²) in [6, 6.07) is 0. The van der Waals surface area contributed by atoms with Crippen molar-refractivity contribution >= 4 is 51.4 Å². The molecule has 0 spiro atoms. The minimum absolute atomic E-state index is 0. The molecule has 0 unspecified atom stereocenters. The standard InChI is InChI=1S/C14H29O.K.H/c1-3-5-6-7-8-9-10-11-12-13-14-15-4-2;;/h2-14H2,1H3;;. The summed E-state index contributed by atoms with van der Waals surface area (Å²) in [4.78, 5) is 0. The van der Waals surface area contributed by atoms with Gasteiger partial charge in [-0.2, -0.15) is 0 Å². The van der Waals surface area contributed by atoms with Gasteiger partial charge in [0.15, 0.2) is 0 Å². The maximum atomic E-state index is 5.19. The van der Waals surface area contributed by atoms with Crippen molar-refractivity contribution in [1.29, 1.82) is 0 Å². The number of rotatable bonds is 12. The second-order valence-electron chi connectivity index (χ2n) is 4.29. The molecule has 0 bridgehead atoms. The van der Waals surface area contributed by atoms with Crippen molar-refractivity contribution in [2.24, 2.45) is 0 Å². The normalized spacial score (nSPS) is 10.1. The Morgan fingerprint density at radius 2 is 1.19 bits per heavy atom. The third-order valence-corrected chi connectivity index (χ3v) is 2.79. The summed E-state index contributed by atoms with van der Waals surface area (Å²) >= 11 is 0. The van der Waals surface area contributed by atoms with Crippen molar-refractivity contribution in [1.82, 2.24) is 0 Å². The molecule has 2 heteroatoms. The fourth-order valence-corrected chi connectivity index (χ4v) is 1.79. The SMILES string of the molecule is [CH2]COCCCCCCCCCCCC.[KH]. The molecule has 0 saturated heterocycles. The number of ether oxygens (including phenoxy) is 1. The van der Waals surface area contributed by atoms with E-state index in [-0.39, 0.29) is 51.4 Å². The van der Waals surface area contributed by atoms with E-state index < -0.39 is 0 Å². The predicted octanol–water partition coefficient (Wildman–Crippen LogP) is 4.11. The second kappa shape index (κ2) is 18.9. The van der Waals surface area contributed by atoms with E-state index in [1.165, 1.54) is 64.2 Å². The molecule has 0 saturated carbocycles. The number of hydrogen-bond donors (Lipinski definition) is 0. The molecule has 0 aliphatic heterocycles. The predicted molar refractivity (Wildman–Crippen MR) is 75.2 cm³/mol. The Bertz CT molecular complexity index is 94.9. The molecular formula is C14H30KO. The van der Waals surface area contributed by atoms with E-state index in [1.807, 2.05) is 0 Å². The Kier molecular flexibility index (Phi) is 23.6. The van der Waals surface area contributed by atoms with Crippen LogP contribution in [0.15, 0.2) is 0 Å². The summed E-state index contributed by atoms with van der Waals surface area (Å²) in [6.45, 7) is 7.44. The first-order valence-corrected chi connectivity index (χ1v) is 6.78. The Morgan fingerprint density at radius 3 is 1.62 bits per heavy atom. The van der Waals surface area contributed by atoms with Crippen LogP contribution in [0.25, 0.3) is 0 Å². The zero-order valence-electron chi connectivity index (χ0n) is 10.6. The number of hydrogen-bond acceptors (Lipinski definition) is 1. The van der Waals surface area contributed by atoms with Gasteiger partial charge in [0.2, 0.25) is 0 Å². The molecule has 0 atom stereocenters. The minimum atomic E-state index is 0. The fraction of sp³-hybridized carbons (Fsp3) is 0.929. The molecule has 0 heterocycles. The van der Waals surface area contributed by atoms with Gasteiger partial charge in [0.05, 0.1) is 0 Å². The number of unbranched alkanes of at least 4 members (excludes halogenated alkanes) is 9. The summed E-state index contributed by atoms with van der Waals surface area (Å²) in [7, 11) is 0. The molecule has 16 heavy (non-hydrogen) atoms. The monoisotopic (exact) mass is 253 g/mol. The quantitative estimate of drug-likeness (QED) is 0.376. The molecule has 0 amide bonds. The Labute approximate surface area is 146 Å². The van der Waals surface area contributed by atoms with Crippen LogP contribution in [0.3, 0.4) is 0 Å². The summed E-state index contributed by atoms with van der Waals surface area (Å²) < 4.78 is 5.19. The molecular weight excluding hydrogens is 223 g/mol. The van der Waals surface area contributed by atoms with Gasteiger partial charge in [-0.05, 0) is 13.3 Å². The van der Waals surface area contributed by atoms with Gasteiger partial charge in [0.25, 0.3) is 0 Å². The molecule has 1 nitrogen and oxygen atoms in total. The van der Waals surface area contributed by atoms with Gasteiger partial charge >= 0.3 is 51.4 Å². The molecule has 0 N–H and O–H groups in total. The zero-order valence-corrected chi connectivity index (χ0v) is 10.6. The van der Waals surface area contributed by atoms with Gasteiger partial charge in [0, 0.05) is 13.2 Å². The van der Waals surface area contributed by atoms with Crippen molar-refractivity contribution < 1.29 is 4.74 Å². The van der Waals surface area contributed by atoms with Crippen LogP contribution in [0, 0.1) is 6.92 Å². The summed E-state index contributed by atoms with van der Waals surface area (Å²) in [5, 5.41) is 0. The van der Waals surface area contributed by atoms with Gasteiger partial charge in [0.1, 0.15) is 0 Å². The molecule has 0 aromatic heterocycles. The molecule has 0 aliphatic rings. The Morgan fingerprint density at radius 1 is 0.750 bits per heavy atom. The van der Waals surface area contributed by atoms with Gasteiger partial charge in [-0.3, -0.25) is 0 Å². The molecule has 0 fully saturated rings. The molecule has 1 radical (unpaired) electrons. The van der Waals surface area contributed by atoms with Crippen LogP contribution in [0.4, 0.5) is 0 Å². The third kappa shape index (κ3) is 18.0. The molecule has 0 aromatic rings. The molecule has 0 aromatic carbocycles. The zero-order chi connectivity index (χ0) is 11.2. The first-order chi connectivity index (χ1) is 7.41. The average molecular weight is 253 g/mol. The summed E-state index contributed by atoms with van der Waals surface area (Å²) in [5.41, 5.74) is 0. The van der Waals surface area contributed by atoms with E-state index in [4.69, 9.17) is 4.74 Å². The van der Waals surface area contributed by atoms with Crippen LogP contribution in [0.2, 0.25) is 0 Å². The van der Waals surface area contributed by atoms with Crippen molar-refractivity contribution in [2.45, 2.75) is 71.1 Å². The van der Waals surface area contributed by atoms with Crippen LogP contribution >= 0.6 is 0 Å². The van der Waals surface area contributed by atoms with Gasteiger partial charge in [-0.1, -0.05) is 64.7 Å². The summed E-state index contributed by atoms with van der Waals surface area (Å²) in [5.74, 6) is 0. The van der Waals surface area contributed by atoms with E-state index in [9.17, 15) is 0 Å². The van der Waals surface area contributed by atoms with Gasteiger partial charge in [-0.15, -0.1) is 0 Å². The van der Waals surface area contributed by atoms with E-state index in [0.717, 1.165) is 6.61 Å². The fourth-order valence-electron chi connectivity index (χ4n) is 1.79. The molecule has 93 valence electrons. The summed E-state index contributed by atoms with van der Waals surface area (Å²) in [6.07, 6.45) is 13.9. The van der Waals surface area contributed by atoms with Crippen molar-refractivity contribution in [3.63, 3.8) is 0 Å². The van der Waals surface area contributed by atoms with Crippen LogP contribution < -0.4 is 0 Å². The molecule has 0 aliphatic carbocycles. The second-order valence-corrected chi connectivity index (χ2v) is 4.29. The first kappa shape index (κ1) is 19.9. The van der Waals surface area contributed by atoms with Crippen molar-refractivity contribution in [3.8, 4) is 0 Å². The van der Waals surface area contributed by atoms with E-state index in [0.29, 0.717) is 6.61 Å². The van der Waals surface area contributed by atoms with Crippen LogP contribution in [-0.4, -0.2) is 64.6 Å². The van der Waals surface area contributed by atoms with Crippen LogP contribution in [0.5, 0.6) is 0 Å². The Balaban J connectivity index is 0. The van der Waals surface area contributed by atoms with Gasteiger partial charge in [-0.25, -0.2) is 0 Å². The van der Waals surface area contributed by atoms with Crippen molar-refractivity contribution in [2.75, 3.05) is 13.2 Å².